The van der Waals surface area contributed by atoms with E-state index in [1.54, 1.807) is 23.1 Å². The molecule has 0 amide bonds. The molecule has 0 unspecified atom stereocenters. The van der Waals surface area contributed by atoms with E-state index in [9.17, 15) is 0 Å². The Hall–Kier alpha value is -2.14. The van der Waals surface area contributed by atoms with Gasteiger partial charge in [-0.2, -0.15) is 0 Å². The average molecular weight is 285 g/mol. The van der Waals surface area contributed by atoms with Gasteiger partial charge >= 0.3 is 0 Å². The van der Waals surface area contributed by atoms with Crippen molar-refractivity contribution in [2.24, 2.45) is 0 Å². The zero-order chi connectivity index (χ0) is 14.1. The Balaban J connectivity index is 1.99. The van der Waals surface area contributed by atoms with Crippen LogP contribution in [-0.4, -0.2) is 22.1 Å². The van der Waals surface area contributed by atoms with E-state index in [1.807, 2.05) is 30.5 Å². The molecule has 5 heteroatoms. The van der Waals surface area contributed by atoms with E-state index in [4.69, 9.17) is 4.74 Å². The van der Waals surface area contributed by atoms with Gasteiger partial charge in [0.2, 0.25) is 0 Å². The molecule has 3 aromatic rings. The van der Waals surface area contributed by atoms with Crippen molar-refractivity contribution in [2.75, 3.05) is 7.11 Å². The smallest absolute Gasteiger partial charge is 0.123 e. The molecule has 20 heavy (non-hydrogen) atoms. The summed E-state index contributed by atoms with van der Waals surface area (Å²) in [7, 11) is 1.66. The first-order chi connectivity index (χ1) is 9.67. The Kier molecular flexibility index (Phi) is 3.28. The third kappa shape index (κ3) is 2.32. The summed E-state index contributed by atoms with van der Waals surface area (Å²) in [5.41, 5.74) is 3.09. The van der Waals surface area contributed by atoms with E-state index < -0.39 is 0 Å². The van der Waals surface area contributed by atoms with Gasteiger partial charge in [0.25, 0.3) is 0 Å². The van der Waals surface area contributed by atoms with Gasteiger partial charge in [0, 0.05) is 10.9 Å². The molecule has 4 nitrogen and oxygen atoms in total. The van der Waals surface area contributed by atoms with Crippen molar-refractivity contribution < 1.29 is 4.74 Å². The van der Waals surface area contributed by atoms with E-state index in [0.717, 1.165) is 17.1 Å². The minimum Gasteiger partial charge on any atom is -0.497 e. The van der Waals surface area contributed by atoms with Crippen LogP contribution in [0.5, 0.6) is 5.75 Å². The molecule has 0 spiro atoms. The fourth-order valence-electron chi connectivity index (χ4n) is 2.14. The summed E-state index contributed by atoms with van der Waals surface area (Å²) in [6, 6.07) is 9.94. The number of nitrogens with zero attached hydrogens (tertiary/aromatic N) is 3. The lowest BCUT2D eigenvalue weighted by Crippen LogP contribution is -1.95. The highest BCUT2D eigenvalue weighted by Crippen LogP contribution is 2.30. The highest BCUT2D eigenvalue weighted by atomic mass is 32.1. The number of methoxy groups -OCH3 is 1. The maximum Gasteiger partial charge on any atom is 0.123 e. The molecule has 0 radical (unpaired) electrons. The van der Waals surface area contributed by atoms with Gasteiger partial charge in [0.1, 0.15) is 11.4 Å². The topological polar surface area (TPSA) is 39.9 Å². The van der Waals surface area contributed by atoms with Crippen molar-refractivity contribution in [3.8, 4) is 22.0 Å². The minimum absolute atomic E-state index is 0.808. The van der Waals surface area contributed by atoms with Crippen LogP contribution in [0.15, 0.2) is 36.5 Å². The summed E-state index contributed by atoms with van der Waals surface area (Å²) in [5.74, 6) is 0.808. The van der Waals surface area contributed by atoms with Crippen molar-refractivity contribution in [1.82, 2.24) is 15.0 Å². The molecule has 3 rings (SSSR count). The van der Waals surface area contributed by atoms with E-state index in [0.29, 0.717) is 0 Å². The van der Waals surface area contributed by atoms with Gasteiger partial charge in [0.05, 0.1) is 23.9 Å². The van der Waals surface area contributed by atoms with Crippen molar-refractivity contribution in [3.63, 3.8) is 0 Å². The monoisotopic (exact) mass is 285 g/mol. The number of hydrogen-bond donors (Lipinski definition) is 0. The quantitative estimate of drug-likeness (QED) is 0.738. The molecule has 0 atom stereocenters. The maximum absolute atomic E-state index is 5.23. The van der Waals surface area contributed by atoms with Crippen LogP contribution in [0.4, 0.5) is 0 Å². The molecule has 0 aliphatic rings. The van der Waals surface area contributed by atoms with Gasteiger partial charge in [-0.05, 0) is 37.6 Å². The first-order valence-electron chi connectivity index (χ1n) is 6.31. The normalized spacial score (nSPS) is 10.8. The van der Waals surface area contributed by atoms with Crippen LogP contribution in [0.2, 0.25) is 0 Å². The highest BCUT2D eigenvalue weighted by molar-refractivity contribution is 7.15. The second kappa shape index (κ2) is 5.09. The van der Waals surface area contributed by atoms with E-state index >= 15 is 0 Å². The van der Waals surface area contributed by atoms with Crippen LogP contribution in [0.3, 0.4) is 0 Å². The Labute approximate surface area is 121 Å². The lowest BCUT2D eigenvalue weighted by molar-refractivity contribution is 0.414. The molecule has 0 fully saturated rings. The summed E-state index contributed by atoms with van der Waals surface area (Å²) < 4.78 is 7.00. The van der Waals surface area contributed by atoms with Gasteiger partial charge in [-0.25, -0.2) is 4.68 Å². The van der Waals surface area contributed by atoms with Gasteiger partial charge in [-0.1, -0.05) is 11.3 Å². The van der Waals surface area contributed by atoms with Crippen LogP contribution in [0.1, 0.15) is 10.4 Å². The fraction of sp³-hybridized carbons (Fsp3) is 0.200. The zero-order valence-corrected chi connectivity index (χ0v) is 12.4. The van der Waals surface area contributed by atoms with Crippen molar-refractivity contribution in [1.29, 1.82) is 0 Å². The zero-order valence-electron chi connectivity index (χ0n) is 11.6. The third-order valence-corrected chi connectivity index (χ3v) is 4.26. The lowest BCUT2D eigenvalue weighted by Gasteiger charge is -2.02. The van der Waals surface area contributed by atoms with E-state index in [1.165, 1.54) is 15.3 Å². The Morgan fingerprint density at radius 2 is 2.05 bits per heavy atom. The molecule has 0 aliphatic heterocycles. The summed E-state index contributed by atoms with van der Waals surface area (Å²) in [5, 5.41) is 8.48. The first-order valence-corrected chi connectivity index (χ1v) is 7.13. The number of thiophene rings is 1. The van der Waals surface area contributed by atoms with Gasteiger partial charge in [-0.3, -0.25) is 0 Å². The molecule has 0 bridgehead atoms. The number of aryl methyl sites for hydroxylation is 2. The lowest BCUT2D eigenvalue weighted by atomic mass is 10.2. The van der Waals surface area contributed by atoms with Crippen molar-refractivity contribution in [3.05, 3.63) is 47.0 Å². The number of rotatable bonds is 3. The summed E-state index contributed by atoms with van der Waals surface area (Å²) in [6.45, 7) is 4.21. The Morgan fingerprint density at radius 1 is 1.20 bits per heavy atom. The highest BCUT2D eigenvalue weighted by Gasteiger charge is 2.11. The van der Waals surface area contributed by atoms with Crippen LogP contribution >= 0.6 is 11.3 Å². The number of benzene rings is 1. The number of ether oxygens (including phenoxy) is 1. The minimum atomic E-state index is 0.808. The summed E-state index contributed by atoms with van der Waals surface area (Å²) in [4.78, 5) is 2.46. The molecule has 0 saturated heterocycles. The Bertz CT molecular complexity index is 745. The average Bonchev–Trinajstić information content (AvgIpc) is 3.05. The van der Waals surface area contributed by atoms with Gasteiger partial charge in [0.15, 0.2) is 0 Å². The van der Waals surface area contributed by atoms with Crippen LogP contribution in [-0.2, 0) is 0 Å². The van der Waals surface area contributed by atoms with Crippen LogP contribution in [0.25, 0.3) is 16.3 Å². The first kappa shape index (κ1) is 12.9. The second-order valence-corrected chi connectivity index (χ2v) is 5.88. The molecular formula is C15H15N3OS. The summed E-state index contributed by atoms with van der Waals surface area (Å²) in [6.07, 6.45) is 1.95. The van der Waals surface area contributed by atoms with Gasteiger partial charge in [-0.15, -0.1) is 16.4 Å². The predicted molar refractivity (Wildman–Crippen MR) is 80.7 cm³/mol. The molecule has 0 aliphatic carbocycles. The SMILES string of the molecule is COc1cccc(-n2cc(-c3sc(C)cc3C)nn2)c1. The van der Waals surface area contributed by atoms with E-state index in [2.05, 4.69) is 30.2 Å². The fourth-order valence-corrected chi connectivity index (χ4v) is 3.12. The van der Waals surface area contributed by atoms with Crippen molar-refractivity contribution >= 4 is 11.3 Å². The molecule has 102 valence electrons. The Morgan fingerprint density at radius 3 is 2.75 bits per heavy atom. The molecule has 0 N–H and O–H groups in total. The molecule has 2 heterocycles. The molecule has 0 saturated carbocycles. The molecule has 1 aromatic carbocycles. The standard InChI is InChI=1S/C15H15N3OS/c1-10-7-11(2)20-15(10)14-9-18(17-16-14)12-5-4-6-13(8-12)19-3/h4-9H,1-3H3. The second-order valence-electron chi connectivity index (χ2n) is 4.62. The van der Waals surface area contributed by atoms with E-state index in [-0.39, 0.29) is 0 Å². The third-order valence-electron chi connectivity index (χ3n) is 3.08. The predicted octanol–water partition coefficient (Wildman–Crippen LogP) is 3.62. The molecule has 2 aromatic heterocycles. The van der Waals surface area contributed by atoms with Crippen LogP contribution in [0, 0.1) is 13.8 Å². The molecular weight excluding hydrogens is 270 g/mol. The maximum atomic E-state index is 5.23. The number of hydrogen-bond acceptors (Lipinski definition) is 4. The number of aromatic nitrogens is 3. The summed E-state index contributed by atoms with van der Waals surface area (Å²) >= 11 is 1.74. The largest absolute Gasteiger partial charge is 0.497 e. The van der Waals surface area contributed by atoms with Crippen molar-refractivity contribution in [2.45, 2.75) is 13.8 Å². The van der Waals surface area contributed by atoms with Crippen LogP contribution < -0.4 is 4.74 Å². The van der Waals surface area contributed by atoms with Gasteiger partial charge < -0.3 is 4.74 Å².